The van der Waals surface area contributed by atoms with Gasteiger partial charge in [-0.15, -0.1) is 0 Å². The van der Waals surface area contributed by atoms with E-state index in [1.165, 1.54) is 31.5 Å². The van der Waals surface area contributed by atoms with E-state index in [9.17, 15) is 10.1 Å². The summed E-state index contributed by atoms with van der Waals surface area (Å²) >= 11 is 0. The molecule has 0 aliphatic carbocycles. The minimum atomic E-state index is -0.556. The molecule has 8 nitrogen and oxygen atoms in total. The summed E-state index contributed by atoms with van der Waals surface area (Å²) in [5.41, 5.74) is 5.40. The number of nitrogens with two attached hydrogens (primary N) is 1. The van der Waals surface area contributed by atoms with Crippen molar-refractivity contribution in [1.82, 2.24) is 4.98 Å². The molecular weight excluding hydrogens is 276 g/mol. The third kappa shape index (κ3) is 3.24. The Kier molecular flexibility index (Phi) is 3.98. The number of rotatable bonds is 5. The molecule has 0 amide bonds. The molecule has 0 aliphatic heterocycles. The zero-order valence-electron chi connectivity index (χ0n) is 11.1. The lowest BCUT2D eigenvalue weighted by atomic mass is 10.2. The van der Waals surface area contributed by atoms with Crippen LogP contribution < -0.4 is 15.2 Å². The van der Waals surface area contributed by atoms with Crippen LogP contribution in [0.15, 0.2) is 36.5 Å². The van der Waals surface area contributed by atoms with Gasteiger partial charge in [-0.3, -0.25) is 20.5 Å². The van der Waals surface area contributed by atoms with Crippen molar-refractivity contribution in [3.63, 3.8) is 0 Å². The summed E-state index contributed by atoms with van der Waals surface area (Å²) in [5, 5.41) is 18.3. The van der Waals surface area contributed by atoms with Crippen LogP contribution in [0.4, 0.5) is 5.69 Å². The molecule has 1 heterocycles. The number of pyridine rings is 1. The van der Waals surface area contributed by atoms with Crippen molar-refractivity contribution >= 4 is 11.5 Å². The van der Waals surface area contributed by atoms with E-state index in [1.54, 1.807) is 12.1 Å². The fourth-order valence-corrected chi connectivity index (χ4v) is 1.63. The summed E-state index contributed by atoms with van der Waals surface area (Å²) in [6, 6.07) is 7.27. The van der Waals surface area contributed by atoms with Gasteiger partial charge in [-0.05, 0) is 18.2 Å². The van der Waals surface area contributed by atoms with Crippen molar-refractivity contribution in [3.05, 3.63) is 52.3 Å². The SMILES string of the molecule is COc1ccc(Oc2ccnc(C(=N)N)c2)cc1[N+](=O)[O-]. The van der Waals surface area contributed by atoms with Gasteiger partial charge in [0.25, 0.3) is 0 Å². The number of aromatic nitrogens is 1. The van der Waals surface area contributed by atoms with Crippen LogP contribution in [0.25, 0.3) is 0 Å². The van der Waals surface area contributed by atoms with Crippen LogP contribution in [0.5, 0.6) is 17.2 Å². The summed E-state index contributed by atoms with van der Waals surface area (Å²) in [7, 11) is 1.35. The number of methoxy groups -OCH3 is 1. The number of ether oxygens (including phenoxy) is 2. The van der Waals surface area contributed by atoms with Gasteiger partial charge in [-0.2, -0.15) is 0 Å². The minimum absolute atomic E-state index is 0.145. The quantitative estimate of drug-likeness (QED) is 0.375. The van der Waals surface area contributed by atoms with Gasteiger partial charge in [-0.25, -0.2) is 0 Å². The first-order valence-corrected chi connectivity index (χ1v) is 5.82. The van der Waals surface area contributed by atoms with E-state index in [-0.39, 0.29) is 28.7 Å². The average molecular weight is 288 g/mol. The maximum absolute atomic E-state index is 10.9. The molecule has 2 rings (SSSR count). The topological polar surface area (TPSA) is 124 Å². The molecule has 0 spiro atoms. The average Bonchev–Trinajstić information content (AvgIpc) is 2.47. The van der Waals surface area contributed by atoms with Crippen LogP contribution in [0.3, 0.4) is 0 Å². The Labute approximate surface area is 119 Å². The van der Waals surface area contributed by atoms with Crippen molar-refractivity contribution in [1.29, 1.82) is 5.41 Å². The molecule has 0 saturated heterocycles. The van der Waals surface area contributed by atoms with Crippen molar-refractivity contribution in [2.24, 2.45) is 5.73 Å². The highest BCUT2D eigenvalue weighted by Crippen LogP contribution is 2.32. The van der Waals surface area contributed by atoms with Crippen LogP contribution in [-0.4, -0.2) is 22.9 Å². The molecular formula is C13H12N4O4. The van der Waals surface area contributed by atoms with E-state index < -0.39 is 4.92 Å². The Bertz CT molecular complexity index is 702. The van der Waals surface area contributed by atoms with Crippen molar-refractivity contribution in [3.8, 4) is 17.2 Å². The van der Waals surface area contributed by atoms with E-state index in [4.69, 9.17) is 20.6 Å². The number of nitro benzene ring substituents is 1. The maximum Gasteiger partial charge on any atom is 0.314 e. The first kappa shape index (κ1) is 14.3. The van der Waals surface area contributed by atoms with E-state index >= 15 is 0 Å². The van der Waals surface area contributed by atoms with Gasteiger partial charge in [0.2, 0.25) is 0 Å². The molecule has 0 radical (unpaired) electrons. The predicted molar refractivity (Wildman–Crippen MR) is 75.0 cm³/mol. The normalized spacial score (nSPS) is 9.95. The largest absolute Gasteiger partial charge is 0.490 e. The van der Waals surface area contributed by atoms with Gasteiger partial charge in [-0.1, -0.05) is 0 Å². The summed E-state index contributed by atoms with van der Waals surface area (Å²) in [4.78, 5) is 14.3. The van der Waals surface area contributed by atoms with Gasteiger partial charge in [0.15, 0.2) is 5.75 Å². The fourth-order valence-electron chi connectivity index (χ4n) is 1.63. The maximum atomic E-state index is 10.9. The van der Waals surface area contributed by atoms with Crippen LogP contribution >= 0.6 is 0 Å². The second-order valence-corrected chi connectivity index (χ2v) is 3.98. The zero-order valence-corrected chi connectivity index (χ0v) is 11.1. The monoisotopic (exact) mass is 288 g/mol. The third-order valence-electron chi connectivity index (χ3n) is 2.59. The molecule has 0 fully saturated rings. The van der Waals surface area contributed by atoms with Gasteiger partial charge in [0.1, 0.15) is 23.0 Å². The molecule has 1 aromatic heterocycles. The summed E-state index contributed by atoms with van der Waals surface area (Å²) < 4.78 is 10.4. The smallest absolute Gasteiger partial charge is 0.314 e. The second kappa shape index (κ2) is 5.87. The first-order chi connectivity index (χ1) is 10.0. The van der Waals surface area contributed by atoms with Crippen molar-refractivity contribution in [2.45, 2.75) is 0 Å². The Morgan fingerprint density at radius 1 is 1.33 bits per heavy atom. The lowest BCUT2D eigenvalue weighted by Crippen LogP contribution is -2.12. The van der Waals surface area contributed by atoms with Gasteiger partial charge < -0.3 is 15.2 Å². The van der Waals surface area contributed by atoms with Crippen LogP contribution in [0, 0.1) is 15.5 Å². The van der Waals surface area contributed by atoms with Crippen molar-refractivity contribution in [2.75, 3.05) is 7.11 Å². The lowest BCUT2D eigenvalue weighted by Gasteiger charge is -2.08. The number of benzene rings is 1. The number of nitrogen functional groups attached to an aromatic ring is 1. The fraction of sp³-hybridized carbons (Fsp3) is 0.0769. The summed E-state index contributed by atoms with van der Waals surface area (Å²) in [5.74, 6) is 0.588. The highest BCUT2D eigenvalue weighted by molar-refractivity contribution is 5.93. The van der Waals surface area contributed by atoms with Gasteiger partial charge >= 0.3 is 5.69 Å². The third-order valence-corrected chi connectivity index (χ3v) is 2.59. The Morgan fingerprint density at radius 3 is 2.67 bits per heavy atom. The van der Waals surface area contributed by atoms with Crippen LogP contribution in [0.2, 0.25) is 0 Å². The molecule has 2 aromatic rings. The number of hydrogen-bond donors (Lipinski definition) is 2. The molecule has 0 atom stereocenters. The van der Waals surface area contributed by atoms with Crippen LogP contribution in [0.1, 0.15) is 5.69 Å². The first-order valence-electron chi connectivity index (χ1n) is 5.82. The second-order valence-electron chi connectivity index (χ2n) is 3.98. The highest BCUT2D eigenvalue weighted by atomic mass is 16.6. The Morgan fingerprint density at radius 2 is 2.05 bits per heavy atom. The molecule has 0 unspecified atom stereocenters. The molecule has 0 aliphatic rings. The molecule has 8 heteroatoms. The van der Waals surface area contributed by atoms with E-state index in [0.29, 0.717) is 5.75 Å². The standard InChI is InChI=1S/C13H12N4O4/c1-20-12-3-2-8(7-11(12)17(18)19)21-9-4-5-16-10(6-9)13(14)15/h2-7H,1H3,(H3,14,15). The Balaban J connectivity index is 2.31. The van der Waals surface area contributed by atoms with E-state index in [1.807, 2.05) is 0 Å². The number of nitrogens with zero attached hydrogens (tertiary/aromatic N) is 2. The van der Waals surface area contributed by atoms with E-state index in [0.717, 1.165) is 0 Å². The number of hydrogen-bond acceptors (Lipinski definition) is 6. The predicted octanol–water partition coefficient (Wildman–Crippen LogP) is 2.07. The summed E-state index contributed by atoms with van der Waals surface area (Å²) in [6.45, 7) is 0. The lowest BCUT2D eigenvalue weighted by molar-refractivity contribution is -0.385. The minimum Gasteiger partial charge on any atom is -0.490 e. The van der Waals surface area contributed by atoms with Gasteiger partial charge in [0.05, 0.1) is 18.1 Å². The van der Waals surface area contributed by atoms with Gasteiger partial charge in [0, 0.05) is 12.3 Å². The molecule has 108 valence electrons. The molecule has 21 heavy (non-hydrogen) atoms. The van der Waals surface area contributed by atoms with Crippen molar-refractivity contribution < 1.29 is 14.4 Å². The molecule has 0 saturated carbocycles. The molecule has 0 bridgehead atoms. The number of nitrogens with one attached hydrogen (secondary N) is 1. The highest BCUT2D eigenvalue weighted by Gasteiger charge is 2.16. The zero-order chi connectivity index (χ0) is 15.4. The van der Waals surface area contributed by atoms with E-state index in [2.05, 4.69) is 4.98 Å². The number of amidine groups is 1. The van der Waals surface area contributed by atoms with Crippen LogP contribution in [-0.2, 0) is 0 Å². The summed E-state index contributed by atoms with van der Waals surface area (Å²) in [6.07, 6.45) is 1.43. The molecule has 1 aromatic carbocycles. The molecule has 3 N–H and O–H groups in total. The Hall–Kier alpha value is -3.16. The number of nitro groups is 1.